The highest BCUT2D eigenvalue weighted by atomic mass is 16.4. The molecule has 0 saturated heterocycles. The summed E-state index contributed by atoms with van der Waals surface area (Å²) in [4.78, 5) is 26.1. The standard InChI is InChI=1S/C12H11N3O3/c16-11-5-4-10(9-3-1-2-7-13-9)14-15(11)8-6-12(17)18/h1-5,7H,6,8H2,(H,17,18). The molecule has 0 amide bonds. The van der Waals surface area contributed by atoms with Gasteiger partial charge in [0.15, 0.2) is 0 Å². The van der Waals surface area contributed by atoms with Crippen molar-refractivity contribution in [1.82, 2.24) is 14.8 Å². The third-order valence-corrected chi connectivity index (χ3v) is 2.33. The van der Waals surface area contributed by atoms with Gasteiger partial charge in [-0.25, -0.2) is 4.68 Å². The van der Waals surface area contributed by atoms with Gasteiger partial charge in [0, 0.05) is 12.3 Å². The van der Waals surface area contributed by atoms with Gasteiger partial charge in [-0.15, -0.1) is 0 Å². The maximum Gasteiger partial charge on any atom is 0.305 e. The van der Waals surface area contributed by atoms with Gasteiger partial charge in [0.1, 0.15) is 5.69 Å². The molecule has 0 aliphatic rings. The zero-order chi connectivity index (χ0) is 13.0. The Hall–Kier alpha value is -2.50. The SMILES string of the molecule is O=C(O)CCn1nc(-c2ccccn2)ccc1=O. The summed E-state index contributed by atoms with van der Waals surface area (Å²) in [6.07, 6.45) is 1.49. The summed E-state index contributed by atoms with van der Waals surface area (Å²) >= 11 is 0. The smallest absolute Gasteiger partial charge is 0.305 e. The van der Waals surface area contributed by atoms with Crippen molar-refractivity contribution in [3.63, 3.8) is 0 Å². The van der Waals surface area contributed by atoms with Crippen molar-refractivity contribution >= 4 is 5.97 Å². The lowest BCUT2D eigenvalue weighted by molar-refractivity contribution is -0.137. The summed E-state index contributed by atoms with van der Waals surface area (Å²) in [6, 6.07) is 8.30. The Labute approximate surface area is 103 Å². The first kappa shape index (κ1) is 12.0. The van der Waals surface area contributed by atoms with Crippen LogP contribution in [0.5, 0.6) is 0 Å². The number of carboxylic acid groups (broad SMARTS) is 1. The molecular formula is C12H11N3O3. The van der Waals surface area contributed by atoms with E-state index in [1.54, 1.807) is 24.4 Å². The Balaban J connectivity index is 2.32. The fraction of sp³-hybridized carbons (Fsp3) is 0.167. The van der Waals surface area contributed by atoms with Crippen molar-refractivity contribution in [2.24, 2.45) is 0 Å². The first-order valence-corrected chi connectivity index (χ1v) is 5.38. The minimum absolute atomic E-state index is 0.0504. The molecule has 0 fully saturated rings. The van der Waals surface area contributed by atoms with E-state index in [1.165, 1.54) is 6.07 Å². The van der Waals surface area contributed by atoms with E-state index in [0.29, 0.717) is 11.4 Å². The number of aromatic nitrogens is 3. The van der Waals surface area contributed by atoms with Crippen molar-refractivity contribution in [3.05, 3.63) is 46.9 Å². The lowest BCUT2D eigenvalue weighted by Gasteiger charge is -2.04. The Kier molecular flexibility index (Phi) is 3.47. The highest BCUT2D eigenvalue weighted by Gasteiger charge is 2.05. The molecular weight excluding hydrogens is 234 g/mol. The molecule has 0 radical (unpaired) electrons. The number of carboxylic acids is 1. The summed E-state index contributed by atoms with van der Waals surface area (Å²) in [5.74, 6) is -0.966. The van der Waals surface area contributed by atoms with Crippen molar-refractivity contribution in [2.45, 2.75) is 13.0 Å². The molecule has 0 bridgehead atoms. The maximum absolute atomic E-state index is 11.5. The number of hydrogen-bond acceptors (Lipinski definition) is 4. The van der Waals surface area contributed by atoms with E-state index < -0.39 is 5.97 Å². The Morgan fingerprint density at radius 3 is 2.72 bits per heavy atom. The van der Waals surface area contributed by atoms with Crippen molar-refractivity contribution < 1.29 is 9.90 Å². The number of aryl methyl sites for hydroxylation is 1. The second kappa shape index (κ2) is 5.22. The second-order valence-electron chi connectivity index (χ2n) is 3.64. The predicted molar refractivity (Wildman–Crippen MR) is 64.0 cm³/mol. The minimum atomic E-state index is -0.966. The van der Waals surface area contributed by atoms with Crippen LogP contribution in [0.2, 0.25) is 0 Å². The van der Waals surface area contributed by atoms with E-state index in [1.807, 2.05) is 6.07 Å². The Bertz CT molecular complexity index is 607. The van der Waals surface area contributed by atoms with Crippen LogP contribution in [0, 0.1) is 0 Å². The van der Waals surface area contributed by atoms with Gasteiger partial charge in [0.25, 0.3) is 5.56 Å². The van der Waals surface area contributed by atoms with Gasteiger partial charge in [-0.3, -0.25) is 14.6 Å². The van der Waals surface area contributed by atoms with Crippen LogP contribution in [0.1, 0.15) is 6.42 Å². The third kappa shape index (κ3) is 2.79. The number of rotatable bonds is 4. The molecule has 0 atom stereocenters. The van der Waals surface area contributed by atoms with Gasteiger partial charge >= 0.3 is 5.97 Å². The molecule has 2 aromatic rings. The molecule has 0 unspecified atom stereocenters. The Morgan fingerprint density at radius 1 is 1.22 bits per heavy atom. The summed E-state index contributed by atoms with van der Waals surface area (Å²) in [5.41, 5.74) is 0.859. The number of hydrogen-bond donors (Lipinski definition) is 1. The van der Waals surface area contributed by atoms with Gasteiger partial charge in [0.05, 0.1) is 18.7 Å². The molecule has 2 rings (SSSR count). The van der Waals surface area contributed by atoms with Crippen LogP contribution < -0.4 is 5.56 Å². The molecule has 0 saturated carbocycles. The zero-order valence-corrected chi connectivity index (χ0v) is 9.48. The van der Waals surface area contributed by atoms with Gasteiger partial charge in [-0.1, -0.05) is 6.07 Å². The molecule has 0 aromatic carbocycles. The van der Waals surface area contributed by atoms with Crippen LogP contribution in [0.15, 0.2) is 41.3 Å². The largest absolute Gasteiger partial charge is 0.481 e. The first-order chi connectivity index (χ1) is 8.66. The van der Waals surface area contributed by atoms with Crippen molar-refractivity contribution in [1.29, 1.82) is 0 Å². The van der Waals surface area contributed by atoms with E-state index >= 15 is 0 Å². The van der Waals surface area contributed by atoms with Crippen molar-refractivity contribution in [2.75, 3.05) is 0 Å². The normalized spacial score (nSPS) is 10.2. The fourth-order valence-corrected chi connectivity index (χ4v) is 1.46. The lowest BCUT2D eigenvalue weighted by atomic mass is 10.2. The molecule has 6 heteroatoms. The highest BCUT2D eigenvalue weighted by Crippen LogP contribution is 2.10. The Morgan fingerprint density at radius 2 is 2.06 bits per heavy atom. The molecule has 0 aliphatic carbocycles. The van der Waals surface area contributed by atoms with Crippen LogP contribution in [0.4, 0.5) is 0 Å². The molecule has 18 heavy (non-hydrogen) atoms. The van der Waals surface area contributed by atoms with Crippen molar-refractivity contribution in [3.8, 4) is 11.4 Å². The molecule has 2 heterocycles. The van der Waals surface area contributed by atoms with E-state index in [-0.39, 0.29) is 18.5 Å². The molecule has 6 nitrogen and oxygen atoms in total. The van der Waals surface area contributed by atoms with Crippen LogP contribution in [-0.2, 0) is 11.3 Å². The monoisotopic (exact) mass is 245 g/mol. The maximum atomic E-state index is 11.5. The number of aliphatic carboxylic acids is 1. The van der Waals surface area contributed by atoms with E-state index in [2.05, 4.69) is 10.1 Å². The second-order valence-corrected chi connectivity index (χ2v) is 3.64. The van der Waals surface area contributed by atoms with E-state index in [4.69, 9.17) is 5.11 Å². The molecule has 0 aliphatic heterocycles. The topological polar surface area (TPSA) is 85.1 Å². The van der Waals surface area contributed by atoms with Crippen LogP contribution in [0.3, 0.4) is 0 Å². The molecule has 2 aromatic heterocycles. The van der Waals surface area contributed by atoms with Gasteiger partial charge < -0.3 is 5.11 Å². The number of nitrogens with zero attached hydrogens (tertiary/aromatic N) is 3. The minimum Gasteiger partial charge on any atom is -0.481 e. The van der Waals surface area contributed by atoms with Gasteiger partial charge in [-0.2, -0.15) is 5.10 Å². The van der Waals surface area contributed by atoms with Gasteiger partial charge in [0.2, 0.25) is 0 Å². The molecule has 1 N–H and O–H groups in total. The summed E-state index contributed by atoms with van der Waals surface area (Å²) in [7, 11) is 0. The van der Waals surface area contributed by atoms with Crippen LogP contribution in [0.25, 0.3) is 11.4 Å². The molecule has 0 spiro atoms. The van der Waals surface area contributed by atoms with Gasteiger partial charge in [-0.05, 0) is 18.2 Å². The van der Waals surface area contributed by atoms with Crippen LogP contribution in [-0.4, -0.2) is 25.8 Å². The number of carbonyl (C=O) groups is 1. The summed E-state index contributed by atoms with van der Waals surface area (Å²) < 4.78 is 1.14. The highest BCUT2D eigenvalue weighted by molar-refractivity contribution is 5.66. The quantitative estimate of drug-likeness (QED) is 0.860. The first-order valence-electron chi connectivity index (χ1n) is 5.38. The van der Waals surface area contributed by atoms with E-state index in [9.17, 15) is 9.59 Å². The lowest BCUT2D eigenvalue weighted by Crippen LogP contribution is -2.23. The molecule has 92 valence electrons. The van der Waals surface area contributed by atoms with Crippen LogP contribution >= 0.6 is 0 Å². The average Bonchev–Trinajstić information content (AvgIpc) is 2.38. The predicted octanol–water partition coefficient (Wildman–Crippen LogP) is 0.780. The third-order valence-electron chi connectivity index (χ3n) is 2.33. The summed E-state index contributed by atoms with van der Waals surface area (Å²) in [6.45, 7) is 0.0504. The zero-order valence-electron chi connectivity index (χ0n) is 9.48. The van der Waals surface area contributed by atoms with E-state index in [0.717, 1.165) is 4.68 Å². The average molecular weight is 245 g/mol. The summed E-state index contributed by atoms with van der Waals surface area (Å²) in [5, 5.41) is 12.7. The fourth-order valence-electron chi connectivity index (χ4n) is 1.46. The number of pyridine rings is 1.